The van der Waals surface area contributed by atoms with Crippen molar-refractivity contribution in [3.8, 4) is 0 Å². The van der Waals surface area contributed by atoms with Gasteiger partial charge in [-0.3, -0.25) is 4.85 Å². The van der Waals surface area contributed by atoms with Crippen LogP contribution < -0.4 is 5.32 Å². The van der Waals surface area contributed by atoms with Gasteiger partial charge in [0, 0.05) is 31.7 Å². The molecule has 1 heterocycles. The molecule has 19 heavy (non-hydrogen) atoms. The maximum atomic E-state index is 7.31. The molecule has 1 aromatic carbocycles. The predicted molar refractivity (Wildman–Crippen MR) is 76.0 cm³/mol. The molecule has 0 amide bonds. The molecule has 1 saturated carbocycles. The van der Waals surface area contributed by atoms with Gasteiger partial charge in [-0.15, -0.1) is 0 Å². The number of nitrogens with one attached hydrogen (secondary N) is 1. The molecule has 3 nitrogen and oxygen atoms in total. The van der Waals surface area contributed by atoms with E-state index in [-0.39, 0.29) is 5.66 Å². The Labute approximate surface area is 114 Å². The van der Waals surface area contributed by atoms with Crippen molar-refractivity contribution in [3.63, 3.8) is 0 Å². The summed E-state index contributed by atoms with van der Waals surface area (Å²) in [5, 5.41) is 3.39. The monoisotopic (exact) mass is 256 g/mol. The lowest BCUT2D eigenvalue weighted by atomic mass is 9.85. The Morgan fingerprint density at radius 1 is 1.16 bits per heavy atom. The maximum Gasteiger partial charge on any atom is 0.305 e. The van der Waals surface area contributed by atoms with Crippen LogP contribution >= 0.6 is 0 Å². The Kier molecular flexibility index (Phi) is 3.44. The molecule has 3 rings (SSSR count). The molecule has 1 aliphatic heterocycles. The molecule has 1 aliphatic carbocycles. The zero-order valence-electron chi connectivity index (χ0n) is 11.2. The van der Waals surface area contributed by atoms with Crippen LogP contribution in [0.2, 0.25) is 0 Å². The third-order valence-electron chi connectivity index (χ3n) is 4.38. The normalized spacial score (nSPS) is 22.3. The van der Waals surface area contributed by atoms with Gasteiger partial charge >= 0.3 is 5.66 Å². The quantitative estimate of drug-likeness (QED) is 0.832. The molecule has 0 spiro atoms. The van der Waals surface area contributed by atoms with Gasteiger partial charge < -0.3 is 10.1 Å². The fraction of sp³-hybridized carbons (Fsp3) is 0.562. The summed E-state index contributed by atoms with van der Waals surface area (Å²) in [6.45, 7) is 9.07. The van der Waals surface area contributed by atoms with E-state index in [1.807, 2.05) is 0 Å². The highest BCUT2D eigenvalue weighted by atomic mass is 16.5. The first-order valence-electron chi connectivity index (χ1n) is 7.16. The van der Waals surface area contributed by atoms with Crippen molar-refractivity contribution < 1.29 is 4.74 Å². The first-order chi connectivity index (χ1) is 9.31. The minimum absolute atomic E-state index is 0.319. The van der Waals surface area contributed by atoms with E-state index in [2.05, 4.69) is 34.4 Å². The van der Waals surface area contributed by atoms with E-state index >= 15 is 0 Å². The van der Waals surface area contributed by atoms with Crippen LogP contribution in [0.15, 0.2) is 24.3 Å². The van der Waals surface area contributed by atoms with Crippen molar-refractivity contribution in [2.24, 2.45) is 0 Å². The minimum atomic E-state index is -0.319. The van der Waals surface area contributed by atoms with Crippen molar-refractivity contribution >= 4 is 5.69 Å². The Bertz CT molecular complexity index is 465. The minimum Gasteiger partial charge on any atom is -0.381 e. The van der Waals surface area contributed by atoms with Gasteiger partial charge in [0.05, 0.1) is 0 Å². The van der Waals surface area contributed by atoms with Crippen LogP contribution in [0.25, 0.3) is 4.85 Å². The van der Waals surface area contributed by atoms with Gasteiger partial charge in [-0.2, -0.15) is 0 Å². The zero-order valence-corrected chi connectivity index (χ0v) is 11.2. The summed E-state index contributed by atoms with van der Waals surface area (Å²) in [5.74, 6) is 0.640. The Hall–Kier alpha value is -1.53. The summed E-state index contributed by atoms with van der Waals surface area (Å²) in [4.78, 5) is 3.76. The van der Waals surface area contributed by atoms with Crippen molar-refractivity contribution in [2.45, 2.75) is 43.7 Å². The molecule has 0 radical (unpaired) electrons. The second-order valence-corrected chi connectivity index (χ2v) is 5.63. The van der Waals surface area contributed by atoms with Gasteiger partial charge in [-0.05, 0) is 42.9 Å². The van der Waals surface area contributed by atoms with E-state index in [0.29, 0.717) is 5.92 Å². The molecule has 0 unspecified atom stereocenters. The number of hydrogen-bond acceptors (Lipinski definition) is 2. The average molecular weight is 256 g/mol. The molecule has 0 bridgehead atoms. The summed E-state index contributed by atoms with van der Waals surface area (Å²) in [6.07, 6.45) is 5.35. The van der Waals surface area contributed by atoms with Gasteiger partial charge in [0.1, 0.15) is 0 Å². The number of anilines is 1. The number of hydrogen-bond donors (Lipinski definition) is 1. The number of ether oxygens (including phenoxy) is 1. The van der Waals surface area contributed by atoms with Gasteiger partial charge in [0.25, 0.3) is 0 Å². The summed E-state index contributed by atoms with van der Waals surface area (Å²) in [7, 11) is 0. The number of nitrogens with zero attached hydrogens (tertiary/aromatic N) is 1. The van der Waals surface area contributed by atoms with Crippen molar-refractivity contribution in [1.82, 2.24) is 0 Å². The van der Waals surface area contributed by atoms with E-state index in [0.717, 1.165) is 51.0 Å². The van der Waals surface area contributed by atoms with Gasteiger partial charge in [0.15, 0.2) is 0 Å². The summed E-state index contributed by atoms with van der Waals surface area (Å²) in [6, 6.07) is 8.65. The number of benzene rings is 1. The van der Waals surface area contributed by atoms with E-state index < -0.39 is 0 Å². The number of rotatable bonds is 3. The largest absolute Gasteiger partial charge is 0.381 e. The maximum absolute atomic E-state index is 7.31. The molecule has 3 heteroatoms. The van der Waals surface area contributed by atoms with Gasteiger partial charge in [-0.1, -0.05) is 12.1 Å². The van der Waals surface area contributed by atoms with Gasteiger partial charge in [-0.25, -0.2) is 6.57 Å². The van der Waals surface area contributed by atoms with Crippen LogP contribution in [0.5, 0.6) is 0 Å². The molecule has 1 N–H and O–H groups in total. The van der Waals surface area contributed by atoms with E-state index in [4.69, 9.17) is 11.3 Å². The third kappa shape index (κ3) is 2.59. The predicted octanol–water partition coefficient (Wildman–Crippen LogP) is 3.79. The molecule has 0 atom stereocenters. The lowest BCUT2D eigenvalue weighted by molar-refractivity contribution is 0.0853. The van der Waals surface area contributed by atoms with Crippen LogP contribution in [-0.2, 0) is 4.74 Å². The molecule has 100 valence electrons. The van der Waals surface area contributed by atoms with Crippen LogP contribution in [0.1, 0.15) is 43.6 Å². The fourth-order valence-electron chi connectivity index (χ4n) is 2.91. The fourth-order valence-corrected chi connectivity index (χ4v) is 2.91. The lowest BCUT2D eigenvalue weighted by Crippen LogP contribution is -2.41. The standard InChI is InChI=1S/C16H20N2O/c1-17-16(9-2-10-16)18-15-5-3-13(4-6-15)14-7-11-19-12-8-14/h3-6,14,18H,2,7-12H2. The molecular formula is C16H20N2O. The Morgan fingerprint density at radius 3 is 2.37 bits per heavy atom. The Balaban J connectivity index is 1.67. The van der Waals surface area contributed by atoms with Crippen LogP contribution in [0.3, 0.4) is 0 Å². The van der Waals surface area contributed by atoms with E-state index in [1.54, 1.807) is 0 Å². The second-order valence-electron chi connectivity index (χ2n) is 5.63. The van der Waals surface area contributed by atoms with Crippen molar-refractivity contribution in [1.29, 1.82) is 0 Å². The smallest absolute Gasteiger partial charge is 0.305 e. The van der Waals surface area contributed by atoms with Crippen LogP contribution in [0.4, 0.5) is 5.69 Å². The molecule has 1 aromatic rings. The Morgan fingerprint density at radius 2 is 1.84 bits per heavy atom. The highest BCUT2D eigenvalue weighted by molar-refractivity contribution is 5.49. The highest BCUT2D eigenvalue weighted by Gasteiger charge is 2.43. The first-order valence-corrected chi connectivity index (χ1v) is 7.16. The summed E-state index contributed by atoms with van der Waals surface area (Å²) in [5.41, 5.74) is 2.16. The highest BCUT2D eigenvalue weighted by Crippen LogP contribution is 2.37. The van der Waals surface area contributed by atoms with Crippen molar-refractivity contribution in [3.05, 3.63) is 41.2 Å². The topological polar surface area (TPSA) is 25.6 Å². The first kappa shape index (κ1) is 12.5. The molecule has 2 aliphatic rings. The molecular weight excluding hydrogens is 236 g/mol. The van der Waals surface area contributed by atoms with E-state index in [9.17, 15) is 0 Å². The summed E-state index contributed by atoms with van der Waals surface area (Å²) >= 11 is 0. The van der Waals surface area contributed by atoms with Gasteiger partial charge in [0.2, 0.25) is 0 Å². The van der Waals surface area contributed by atoms with Crippen LogP contribution in [0, 0.1) is 6.57 Å². The molecule has 2 fully saturated rings. The van der Waals surface area contributed by atoms with Crippen LogP contribution in [-0.4, -0.2) is 18.9 Å². The SMILES string of the molecule is [C-]#[N+]C1(Nc2ccc(C3CCOCC3)cc2)CCC1. The van der Waals surface area contributed by atoms with Crippen molar-refractivity contribution in [2.75, 3.05) is 18.5 Å². The van der Waals surface area contributed by atoms with E-state index in [1.165, 1.54) is 5.56 Å². The zero-order chi connectivity index (χ0) is 13.1. The molecule has 1 saturated heterocycles. The second kappa shape index (κ2) is 5.22. The average Bonchev–Trinajstić information content (AvgIpc) is 2.45. The third-order valence-corrected chi connectivity index (χ3v) is 4.38. The molecule has 0 aromatic heterocycles. The lowest BCUT2D eigenvalue weighted by Gasteiger charge is -2.31. The summed E-state index contributed by atoms with van der Waals surface area (Å²) < 4.78 is 5.40.